The van der Waals surface area contributed by atoms with Gasteiger partial charge in [-0.3, -0.25) is 0 Å². The minimum Gasteiger partial charge on any atom is -0.388 e. The number of anilines is 1. The molecule has 1 rings (SSSR count). The summed E-state index contributed by atoms with van der Waals surface area (Å²) in [5.41, 5.74) is 0.289. The number of guanidine groups is 1. The molecule has 6 nitrogen and oxygen atoms in total. The zero-order valence-electron chi connectivity index (χ0n) is 16.1. The van der Waals surface area contributed by atoms with E-state index in [1.54, 1.807) is 11.3 Å². The van der Waals surface area contributed by atoms with Gasteiger partial charge in [0.1, 0.15) is 0 Å². The van der Waals surface area contributed by atoms with Crippen molar-refractivity contribution >= 4 is 46.4 Å². The van der Waals surface area contributed by atoms with Gasteiger partial charge in [0.15, 0.2) is 11.1 Å². The fourth-order valence-corrected chi connectivity index (χ4v) is 3.31. The van der Waals surface area contributed by atoms with Crippen molar-refractivity contribution in [3.63, 3.8) is 0 Å². The van der Waals surface area contributed by atoms with Crippen LogP contribution in [0.5, 0.6) is 0 Å². The molecule has 0 saturated heterocycles. The quantitative estimate of drug-likeness (QED) is 0.271. The molecule has 25 heavy (non-hydrogen) atoms. The zero-order chi connectivity index (χ0) is 18.0. The van der Waals surface area contributed by atoms with Crippen LogP contribution in [0.25, 0.3) is 0 Å². The van der Waals surface area contributed by atoms with Gasteiger partial charge in [-0.05, 0) is 19.8 Å². The first kappa shape index (κ1) is 24.4. The molecule has 3 N–H and O–H groups in total. The van der Waals surface area contributed by atoms with Crippen molar-refractivity contribution in [2.24, 2.45) is 4.99 Å². The SMILES string of the molecule is CCCC(O)(CCC)CNC(=NCc1csc(N(C)C)n1)NCC.I. The summed E-state index contributed by atoms with van der Waals surface area (Å²) < 4.78 is 0. The number of hydrogen-bond acceptors (Lipinski definition) is 5. The second-order valence-electron chi connectivity index (χ2n) is 6.29. The maximum absolute atomic E-state index is 10.7. The number of thiazole rings is 1. The zero-order valence-corrected chi connectivity index (χ0v) is 19.3. The van der Waals surface area contributed by atoms with Gasteiger partial charge in [-0.1, -0.05) is 26.7 Å². The van der Waals surface area contributed by atoms with E-state index in [1.807, 2.05) is 31.3 Å². The maximum Gasteiger partial charge on any atom is 0.191 e. The highest BCUT2D eigenvalue weighted by Gasteiger charge is 2.24. The van der Waals surface area contributed by atoms with Gasteiger partial charge in [0.2, 0.25) is 0 Å². The highest BCUT2D eigenvalue weighted by Crippen LogP contribution is 2.19. The van der Waals surface area contributed by atoms with Crippen molar-refractivity contribution in [3.8, 4) is 0 Å². The second-order valence-corrected chi connectivity index (χ2v) is 7.13. The Morgan fingerprint density at radius 2 is 1.88 bits per heavy atom. The Morgan fingerprint density at radius 1 is 1.24 bits per heavy atom. The number of nitrogens with zero attached hydrogens (tertiary/aromatic N) is 3. The predicted molar refractivity (Wildman–Crippen MR) is 119 cm³/mol. The highest BCUT2D eigenvalue weighted by molar-refractivity contribution is 14.0. The van der Waals surface area contributed by atoms with Crippen molar-refractivity contribution < 1.29 is 5.11 Å². The molecule has 8 heteroatoms. The van der Waals surface area contributed by atoms with Crippen molar-refractivity contribution in [2.45, 2.75) is 58.6 Å². The summed E-state index contributed by atoms with van der Waals surface area (Å²) >= 11 is 1.62. The standard InChI is InChI=1S/C17H33N5OS.HI/c1-6-9-17(23,10-7-2)13-20-15(18-8-3)19-11-14-12-24-16(21-14)22(4)5;/h12,23H,6-11,13H2,1-5H3,(H2,18,19,20);1H. The molecule has 1 aromatic heterocycles. The summed E-state index contributed by atoms with van der Waals surface area (Å²) in [6.45, 7) is 8.06. The van der Waals surface area contributed by atoms with Crippen LogP contribution in [-0.2, 0) is 6.54 Å². The molecule has 1 heterocycles. The molecular formula is C17H34IN5OS. The van der Waals surface area contributed by atoms with Crippen molar-refractivity contribution in [2.75, 3.05) is 32.1 Å². The number of aromatic nitrogens is 1. The van der Waals surface area contributed by atoms with Gasteiger partial charge in [0, 0.05) is 32.6 Å². The fraction of sp³-hybridized carbons (Fsp3) is 0.765. The van der Waals surface area contributed by atoms with Crippen molar-refractivity contribution in [1.82, 2.24) is 15.6 Å². The molecule has 0 amide bonds. The highest BCUT2D eigenvalue weighted by atomic mass is 127. The molecule has 0 bridgehead atoms. The molecule has 0 fully saturated rings. The van der Waals surface area contributed by atoms with Gasteiger partial charge in [-0.2, -0.15) is 0 Å². The number of aliphatic hydroxyl groups is 1. The van der Waals surface area contributed by atoms with Crippen LogP contribution in [-0.4, -0.2) is 48.8 Å². The van der Waals surface area contributed by atoms with Crippen LogP contribution in [0.3, 0.4) is 0 Å². The molecule has 0 unspecified atom stereocenters. The first-order valence-electron chi connectivity index (χ1n) is 8.80. The van der Waals surface area contributed by atoms with E-state index in [1.165, 1.54) is 0 Å². The summed E-state index contributed by atoms with van der Waals surface area (Å²) in [6, 6.07) is 0. The lowest BCUT2D eigenvalue weighted by Gasteiger charge is -2.28. The lowest BCUT2D eigenvalue weighted by molar-refractivity contribution is 0.0257. The summed E-state index contributed by atoms with van der Waals surface area (Å²) in [7, 11) is 3.97. The van der Waals surface area contributed by atoms with Crippen LogP contribution in [0.1, 0.15) is 52.1 Å². The van der Waals surface area contributed by atoms with Gasteiger partial charge in [-0.25, -0.2) is 9.98 Å². The van der Waals surface area contributed by atoms with Crippen molar-refractivity contribution in [1.29, 1.82) is 0 Å². The van der Waals surface area contributed by atoms with Crippen LogP contribution >= 0.6 is 35.3 Å². The first-order chi connectivity index (χ1) is 11.4. The molecular weight excluding hydrogens is 449 g/mol. The number of nitrogens with one attached hydrogen (secondary N) is 2. The molecule has 0 atom stereocenters. The molecule has 0 aromatic carbocycles. The number of aliphatic imine (C=N–C) groups is 1. The van der Waals surface area contributed by atoms with Gasteiger partial charge in [-0.15, -0.1) is 35.3 Å². The van der Waals surface area contributed by atoms with Gasteiger partial charge < -0.3 is 20.6 Å². The average molecular weight is 483 g/mol. The summed E-state index contributed by atoms with van der Waals surface area (Å²) in [4.78, 5) is 11.1. The Kier molecular flexibility index (Phi) is 12.4. The summed E-state index contributed by atoms with van der Waals surface area (Å²) in [5.74, 6) is 0.725. The normalized spacial score (nSPS) is 11.8. The molecule has 146 valence electrons. The smallest absolute Gasteiger partial charge is 0.191 e. The molecule has 0 radical (unpaired) electrons. The Bertz CT molecular complexity index is 501. The van der Waals surface area contributed by atoms with Gasteiger partial charge in [0.25, 0.3) is 0 Å². The molecule has 0 aliphatic carbocycles. The van der Waals surface area contributed by atoms with Gasteiger partial charge in [0.05, 0.1) is 17.8 Å². The topological polar surface area (TPSA) is 72.8 Å². The molecule has 0 aliphatic rings. The van der Waals surface area contributed by atoms with E-state index < -0.39 is 5.60 Å². The fourth-order valence-electron chi connectivity index (χ4n) is 2.56. The molecule has 0 saturated carbocycles. The van der Waals surface area contributed by atoms with Crippen LogP contribution in [0.15, 0.2) is 10.4 Å². The van der Waals surface area contributed by atoms with Crippen LogP contribution in [0, 0.1) is 0 Å². The average Bonchev–Trinajstić information content (AvgIpc) is 3.00. The largest absolute Gasteiger partial charge is 0.388 e. The molecule has 0 aliphatic heterocycles. The van der Waals surface area contributed by atoms with Gasteiger partial charge >= 0.3 is 0 Å². The second kappa shape index (κ2) is 12.7. The summed E-state index contributed by atoms with van der Waals surface area (Å²) in [6.07, 6.45) is 3.53. The lowest BCUT2D eigenvalue weighted by Crippen LogP contribution is -2.47. The van der Waals surface area contributed by atoms with E-state index in [0.717, 1.165) is 49.0 Å². The Labute approximate surface area is 173 Å². The number of halogens is 1. The van der Waals surface area contributed by atoms with E-state index in [2.05, 4.69) is 34.5 Å². The third-order valence-corrected chi connectivity index (χ3v) is 4.74. The molecule has 0 spiro atoms. The van der Waals surface area contributed by atoms with E-state index in [4.69, 9.17) is 0 Å². The Hall–Kier alpha value is -0.610. The molecule has 1 aromatic rings. The third-order valence-electron chi connectivity index (χ3n) is 3.68. The van der Waals surface area contributed by atoms with E-state index >= 15 is 0 Å². The monoisotopic (exact) mass is 483 g/mol. The maximum atomic E-state index is 10.7. The lowest BCUT2D eigenvalue weighted by atomic mass is 9.93. The first-order valence-corrected chi connectivity index (χ1v) is 9.68. The van der Waals surface area contributed by atoms with E-state index in [0.29, 0.717) is 13.1 Å². The van der Waals surface area contributed by atoms with Crippen LogP contribution in [0.4, 0.5) is 5.13 Å². The number of hydrogen-bond donors (Lipinski definition) is 3. The Balaban J connectivity index is 0.00000576. The van der Waals surface area contributed by atoms with Crippen molar-refractivity contribution in [3.05, 3.63) is 11.1 Å². The van der Waals surface area contributed by atoms with E-state index in [-0.39, 0.29) is 24.0 Å². The number of rotatable bonds is 10. The predicted octanol–water partition coefficient (Wildman–Crippen LogP) is 3.21. The Morgan fingerprint density at radius 3 is 2.36 bits per heavy atom. The van der Waals surface area contributed by atoms with Crippen LogP contribution in [0.2, 0.25) is 0 Å². The third kappa shape index (κ3) is 9.05. The minimum absolute atomic E-state index is 0. The van der Waals surface area contributed by atoms with E-state index in [9.17, 15) is 5.11 Å². The summed E-state index contributed by atoms with van der Waals surface area (Å²) in [5, 5.41) is 20.3. The minimum atomic E-state index is -0.668. The van der Waals surface area contributed by atoms with Crippen LogP contribution < -0.4 is 15.5 Å².